The molecule has 0 fully saturated rings. The number of carbonyl (C=O) groups is 1. The van der Waals surface area contributed by atoms with E-state index in [1.165, 1.54) is 6.07 Å². The Hall–Kier alpha value is -2.88. The van der Waals surface area contributed by atoms with Crippen molar-refractivity contribution in [3.63, 3.8) is 0 Å². The second-order valence-electron chi connectivity index (χ2n) is 4.35. The number of para-hydroxylation sites is 2. The second kappa shape index (κ2) is 5.01. The first-order chi connectivity index (χ1) is 9.75. The average Bonchev–Trinajstić information content (AvgIpc) is 2.49. The molecule has 1 amide bonds. The molecule has 0 unspecified atom stereocenters. The quantitative estimate of drug-likeness (QED) is 0.699. The van der Waals surface area contributed by atoms with Crippen molar-refractivity contribution in [2.24, 2.45) is 0 Å². The number of aromatic hydroxyl groups is 1. The van der Waals surface area contributed by atoms with E-state index in [1.54, 1.807) is 24.4 Å². The Bertz CT molecular complexity index is 779. The number of nitrogens with zero attached hydrogens (tertiary/aromatic N) is 1. The molecule has 0 bridgehead atoms. The van der Waals surface area contributed by atoms with Gasteiger partial charge in [-0.1, -0.05) is 36.4 Å². The van der Waals surface area contributed by atoms with Crippen molar-refractivity contribution >= 4 is 22.4 Å². The van der Waals surface area contributed by atoms with Crippen LogP contribution in [0.25, 0.3) is 10.8 Å². The highest BCUT2D eigenvalue weighted by Gasteiger charge is 2.12. The molecule has 0 spiro atoms. The van der Waals surface area contributed by atoms with E-state index in [1.807, 2.05) is 30.3 Å². The summed E-state index contributed by atoms with van der Waals surface area (Å²) in [6.07, 6.45) is 1.60. The van der Waals surface area contributed by atoms with Gasteiger partial charge in [-0.3, -0.25) is 9.78 Å². The van der Waals surface area contributed by atoms with Crippen molar-refractivity contribution in [3.05, 3.63) is 66.5 Å². The molecular formula is C16H12N2O2. The lowest BCUT2D eigenvalue weighted by Crippen LogP contribution is -2.14. The number of carbonyl (C=O) groups excluding carboxylic acids is 1. The largest absolute Gasteiger partial charge is 0.506 e. The predicted octanol–water partition coefficient (Wildman–Crippen LogP) is 3.19. The van der Waals surface area contributed by atoms with Crippen molar-refractivity contribution in [1.82, 2.24) is 4.98 Å². The van der Waals surface area contributed by atoms with Gasteiger partial charge in [0.1, 0.15) is 11.4 Å². The SMILES string of the molecule is O=C(Nc1ccccc1O)c1nccc2ccccc12. The van der Waals surface area contributed by atoms with Gasteiger partial charge in [-0.25, -0.2) is 0 Å². The first kappa shape index (κ1) is 12.2. The van der Waals surface area contributed by atoms with Gasteiger partial charge in [0, 0.05) is 11.6 Å². The standard InChI is InChI=1S/C16H12N2O2/c19-14-8-4-3-7-13(14)18-16(20)15-12-6-2-1-5-11(12)9-10-17-15/h1-10,19H,(H,18,20). The van der Waals surface area contributed by atoms with Crippen LogP contribution >= 0.6 is 0 Å². The second-order valence-corrected chi connectivity index (χ2v) is 4.35. The van der Waals surface area contributed by atoms with E-state index in [0.717, 1.165) is 10.8 Å². The predicted molar refractivity (Wildman–Crippen MR) is 77.8 cm³/mol. The van der Waals surface area contributed by atoms with Crippen LogP contribution in [0.5, 0.6) is 5.75 Å². The van der Waals surface area contributed by atoms with Gasteiger partial charge in [-0.15, -0.1) is 0 Å². The Balaban J connectivity index is 1.99. The maximum Gasteiger partial charge on any atom is 0.275 e. The Morgan fingerprint density at radius 1 is 1.00 bits per heavy atom. The van der Waals surface area contributed by atoms with Crippen LogP contribution in [-0.2, 0) is 0 Å². The highest BCUT2D eigenvalue weighted by molar-refractivity contribution is 6.11. The molecule has 0 aliphatic carbocycles. The third-order valence-corrected chi connectivity index (χ3v) is 3.04. The number of phenolic OH excluding ortho intramolecular Hbond substituents is 1. The summed E-state index contributed by atoms with van der Waals surface area (Å²) in [5, 5.41) is 14.1. The molecular weight excluding hydrogens is 252 g/mol. The third-order valence-electron chi connectivity index (χ3n) is 3.04. The van der Waals surface area contributed by atoms with Crippen LogP contribution in [-0.4, -0.2) is 16.0 Å². The molecule has 0 aliphatic rings. The van der Waals surface area contributed by atoms with E-state index < -0.39 is 0 Å². The van der Waals surface area contributed by atoms with Crippen molar-refractivity contribution in [2.75, 3.05) is 5.32 Å². The number of pyridine rings is 1. The van der Waals surface area contributed by atoms with Crippen molar-refractivity contribution in [1.29, 1.82) is 0 Å². The van der Waals surface area contributed by atoms with Gasteiger partial charge in [0.05, 0.1) is 5.69 Å². The number of phenols is 1. The fourth-order valence-electron chi connectivity index (χ4n) is 2.06. The van der Waals surface area contributed by atoms with Gasteiger partial charge in [0.2, 0.25) is 0 Å². The Morgan fingerprint density at radius 2 is 1.75 bits per heavy atom. The van der Waals surface area contributed by atoms with Crippen LogP contribution in [0.4, 0.5) is 5.69 Å². The molecule has 20 heavy (non-hydrogen) atoms. The van der Waals surface area contributed by atoms with Gasteiger partial charge in [-0.05, 0) is 23.6 Å². The summed E-state index contributed by atoms with van der Waals surface area (Å²) in [5.41, 5.74) is 0.707. The molecule has 0 aliphatic heterocycles. The molecule has 0 atom stereocenters. The van der Waals surface area contributed by atoms with E-state index in [-0.39, 0.29) is 11.7 Å². The summed E-state index contributed by atoms with van der Waals surface area (Å²) in [6.45, 7) is 0. The monoisotopic (exact) mass is 264 g/mol. The lowest BCUT2D eigenvalue weighted by Gasteiger charge is -2.08. The minimum absolute atomic E-state index is 0.0288. The molecule has 1 heterocycles. The molecule has 0 saturated carbocycles. The summed E-state index contributed by atoms with van der Waals surface area (Å²) in [6, 6.07) is 16.0. The van der Waals surface area contributed by atoms with E-state index in [4.69, 9.17) is 0 Å². The fraction of sp³-hybridized carbons (Fsp3) is 0. The zero-order valence-electron chi connectivity index (χ0n) is 10.6. The summed E-state index contributed by atoms with van der Waals surface area (Å²) in [7, 11) is 0. The number of benzene rings is 2. The normalized spacial score (nSPS) is 10.4. The highest BCUT2D eigenvalue weighted by Crippen LogP contribution is 2.23. The van der Waals surface area contributed by atoms with Crippen LogP contribution in [0.1, 0.15) is 10.5 Å². The number of nitrogens with one attached hydrogen (secondary N) is 1. The van der Waals surface area contributed by atoms with E-state index in [0.29, 0.717) is 11.4 Å². The van der Waals surface area contributed by atoms with Crippen molar-refractivity contribution in [2.45, 2.75) is 0 Å². The average molecular weight is 264 g/mol. The third kappa shape index (κ3) is 2.19. The molecule has 98 valence electrons. The maximum absolute atomic E-state index is 12.3. The zero-order chi connectivity index (χ0) is 13.9. The van der Waals surface area contributed by atoms with Crippen LogP contribution in [0.15, 0.2) is 60.8 Å². The number of rotatable bonds is 2. The number of fused-ring (bicyclic) bond motifs is 1. The van der Waals surface area contributed by atoms with E-state index in [9.17, 15) is 9.90 Å². The molecule has 4 nitrogen and oxygen atoms in total. The molecule has 4 heteroatoms. The minimum atomic E-state index is -0.344. The van der Waals surface area contributed by atoms with E-state index in [2.05, 4.69) is 10.3 Å². The molecule has 0 radical (unpaired) electrons. The van der Waals surface area contributed by atoms with Crippen LogP contribution < -0.4 is 5.32 Å². The topological polar surface area (TPSA) is 62.2 Å². The molecule has 2 aromatic carbocycles. The Morgan fingerprint density at radius 3 is 2.60 bits per heavy atom. The maximum atomic E-state index is 12.3. The summed E-state index contributed by atoms with van der Waals surface area (Å²) >= 11 is 0. The van der Waals surface area contributed by atoms with Gasteiger partial charge < -0.3 is 10.4 Å². The first-order valence-corrected chi connectivity index (χ1v) is 6.19. The minimum Gasteiger partial charge on any atom is -0.506 e. The number of aromatic nitrogens is 1. The smallest absolute Gasteiger partial charge is 0.275 e. The number of amides is 1. The van der Waals surface area contributed by atoms with Crippen molar-refractivity contribution < 1.29 is 9.90 Å². The Labute approximate surface area is 115 Å². The molecule has 3 rings (SSSR count). The number of hydrogen-bond donors (Lipinski definition) is 2. The first-order valence-electron chi connectivity index (χ1n) is 6.19. The van der Waals surface area contributed by atoms with E-state index >= 15 is 0 Å². The summed E-state index contributed by atoms with van der Waals surface area (Å²) in [5.74, 6) is -0.315. The molecule has 2 N–H and O–H groups in total. The molecule has 1 aromatic heterocycles. The van der Waals surface area contributed by atoms with Crippen molar-refractivity contribution in [3.8, 4) is 5.75 Å². The number of hydrogen-bond acceptors (Lipinski definition) is 3. The summed E-state index contributed by atoms with van der Waals surface area (Å²) in [4.78, 5) is 16.4. The molecule has 3 aromatic rings. The molecule has 0 saturated heterocycles. The summed E-state index contributed by atoms with van der Waals surface area (Å²) < 4.78 is 0. The van der Waals surface area contributed by atoms with Gasteiger partial charge >= 0.3 is 0 Å². The fourth-order valence-corrected chi connectivity index (χ4v) is 2.06. The van der Waals surface area contributed by atoms with Gasteiger partial charge in [-0.2, -0.15) is 0 Å². The lowest BCUT2D eigenvalue weighted by atomic mass is 10.1. The van der Waals surface area contributed by atoms with Crippen LogP contribution in [0, 0.1) is 0 Å². The Kier molecular flexibility index (Phi) is 3.05. The highest BCUT2D eigenvalue weighted by atomic mass is 16.3. The van der Waals surface area contributed by atoms with Gasteiger partial charge in [0.25, 0.3) is 5.91 Å². The van der Waals surface area contributed by atoms with Gasteiger partial charge in [0.15, 0.2) is 0 Å². The van der Waals surface area contributed by atoms with Crippen LogP contribution in [0.3, 0.4) is 0 Å². The lowest BCUT2D eigenvalue weighted by molar-refractivity contribution is 0.102. The zero-order valence-corrected chi connectivity index (χ0v) is 10.6. The number of anilines is 1. The van der Waals surface area contributed by atoms with Crippen LogP contribution in [0.2, 0.25) is 0 Å².